The molecular formula is C17H19N3O3S. The summed E-state index contributed by atoms with van der Waals surface area (Å²) < 4.78 is 11.1. The zero-order valence-corrected chi connectivity index (χ0v) is 14.3. The zero-order chi connectivity index (χ0) is 16.6. The number of thiophene rings is 1. The maximum Gasteiger partial charge on any atom is 0.343 e. The largest absolute Gasteiger partial charge is 0.465 e. The second-order valence-electron chi connectivity index (χ2n) is 6.11. The van der Waals surface area contributed by atoms with E-state index in [2.05, 4.69) is 26.3 Å². The van der Waals surface area contributed by atoms with Crippen LogP contribution in [0.25, 0.3) is 0 Å². The van der Waals surface area contributed by atoms with E-state index in [0.717, 1.165) is 39.0 Å². The third-order valence-corrected chi connectivity index (χ3v) is 6.02. The number of hydrogen-bond donors (Lipinski definition) is 0. The molecule has 0 aliphatic carbocycles. The second kappa shape index (κ2) is 6.14. The van der Waals surface area contributed by atoms with E-state index in [4.69, 9.17) is 9.47 Å². The first-order chi connectivity index (χ1) is 11.7. The summed E-state index contributed by atoms with van der Waals surface area (Å²) in [5.41, 5.74) is 1.67. The van der Waals surface area contributed by atoms with Crippen molar-refractivity contribution in [2.24, 2.45) is 0 Å². The average Bonchev–Trinajstić information content (AvgIpc) is 3.12. The molecule has 2 aromatic heterocycles. The van der Waals surface area contributed by atoms with Crippen molar-refractivity contribution >= 4 is 23.1 Å². The van der Waals surface area contributed by atoms with Crippen LogP contribution in [0.3, 0.4) is 0 Å². The van der Waals surface area contributed by atoms with Gasteiger partial charge in [-0.05, 0) is 36.3 Å². The van der Waals surface area contributed by atoms with Crippen LogP contribution in [0.5, 0.6) is 0 Å². The smallest absolute Gasteiger partial charge is 0.343 e. The number of ether oxygens (including phenoxy) is 2. The molecule has 6 nitrogen and oxygen atoms in total. The van der Waals surface area contributed by atoms with Crippen LogP contribution >= 0.6 is 11.3 Å². The van der Waals surface area contributed by atoms with E-state index in [9.17, 15) is 4.79 Å². The van der Waals surface area contributed by atoms with Crippen LogP contribution in [-0.4, -0.2) is 42.7 Å². The summed E-state index contributed by atoms with van der Waals surface area (Å²) in [6, 6.07) is 2.22. The van der Waals surface area contributed by atoms with Gasteiger partial charge in [0.15, 0.2) is 0 Å². The van der Waals surface area contributed by atoms with Gasteiger partial charge in [0.05, 0.1) is 13.7 Å². The number of carbonyl (C=O) groups excluding carboxylic acids is 1. The van der Waals surface area contributed by atoms with Gasteiger partial charge in [-0.2, -0.15) is 0 Å². The third-order valence-electron chi connectivity index (χ3n) is 4.88. The predicted octanol–water partition coefficient (Wildman–Crippen LogP) is 2.39. The fourth-order valence-corrected chi connectivity index (χ4v) is 4.80. The minimum Gasteiger partial charge on any atom is -0.465 e. The summed E-state index contributed by atoms with van der Waals surface area (Å²) in [6.07, 6.45) is 5.78. The molecule has 7 heteroatoms. The molecule has 0 radical (unpaired) electrons. The summed E-state index contributed by atoms with van der Waals surface area (Å²) in [7, 11) is 1.37. The fourth-order valence-electron chi connectivity index (χ4n) is 3.63. The first-order valence-electron chi connectivity index (χ1n) is 8.07. The maximum absolute atomic E-state index is 11.9. The minimum atomic E-state index is -0.402. The quantitative estimate of drug-likeness (QED) is 0.779. The van der Waals surface area contributed by atoms with Gasteiger partial charge in [0.1, 0.15) is 23.3 Å². The van der Waals surface area contributed by atoms with E-state index in [1.54, 1.807) is 11.3 Å². The van der Waals surface area contributed by atoms with Crippen LogP contribution in [0.2, 0.25) is 0 Å². The number of rotatable bonds is 2. The third kappa shape index (κ3) is 2.48. The Kier molecular flexibility index (Phi) is 3.97. The molecule has 0 aromatic carbocycles. The van der Waals surface area contributed by atoms with Crippen LogP contribution in [0, 0.1) is 0 Å². The van der Waals surface area contributed by atoms with Gasteiger partial charge in [-0.25, -0.2) is 14.8 Å². The average molecular weight is 345 g/mol. The van der Waals surface area contributed by atoms with Crippen molar-refractivity contribution in [2.45, 2.75) is 24.9 Å². The molecule has 1 saturated heterocycles. The number of aromatic nitrogens is 2. The predicted molar refractivity (Wildman–Crippen MR) is 90.5 cm³/mol. The van der Waals surface area contributed by atoms with Crippen molar-refractivity contribution in [3.05, 3.63) is 40.0 Å². The lowest BCUT2D eigenvalue weighted by Gasteiger charge is -2.44. The number of nitrogens with zero attached hydrogens (tertiary/aromatic N) is 3. The van der Waals surface area contributed by atoms with Crippen molar-refractivity contribution in [3.63, 3.8) is 0 Å². The molecule has 24 heavy (non-hydrogen) atoms. The summed E-state index contributed by atoms with van der Waals surface area (Å²) in [4.78, 5) is 23.7. The van der Waals surface area contributed by atoms with Crippen molar-refractivity contribution in [3.8, 4) is 0 Å². The van der Waals surface area contributed by atoms with Gasteiger partial charge in [0.2, 0.25) is 0 Å². The van der Waals surface area contributed by atoms with Crippen LogP contribution in [0.4, 0.5) is 5.82 Å². The second-order valence-corrected chi connectivity index (χ2v) is 7.02. The van der Waals surface area contributed by atoms with E-state index in [0.29, 0.717) is 11.4 Å². The number of hydrogen-bond acceptors (Lipinski definition) is 7. The lowest BCUT2D eigenvalue weighted by Crippen LogP contribution is -2.46. The molecule has 0 unspecified atom stereocenters. The number of piperidine rings is 1. The van der Waals surface area contributed by atoms with Crippen LogP contribution in [-0.2, 0) is 21.5 Å². The first kappa shape index (κ1) is 15.5. The molecule has 1 spiro atoms. The highest BCUT2D eigenvalue weighted by atomic mass is 32.1. The van der Waals surface area contributed by atoms with Gasteiger partial charge in [-0.15, -0.1) is 11.3 Å². The monoisotopic (exact) mass is 345 g/mol. The summed E-state index contributed by atoms with van der Waals surface area (Å²) in [6.45, 7) is 2.36. The molecule has 2 aromatic rings. The SMILES string of the molecule is COC(=O)c1cncnc1N1CCC2(CC1)OCCc1ccsc12. The Morgan fingerprint density at radius 1 is 1.42 bits per heavy atom. The molecule has 0 saturated carbocycles. The molecule has 0 bridgehead atoms. The maximum atomic E-state index is 11.9. The molecular weight excluding hydrogens is 326 g/mol. The molecule has 4 heterocycles. The summed E-state index contributed by atoms with van der Waals surface area (Å²) in [5.74, 6) is 0.245. The van der Waals surface area contributed by atoms with Crippen LogP contribution in [0.15, 0.2) is 24.0 Å². The molecule has 0 atom stereocenters. The normalized spacial score (nSPS) is 19.1. The topological polar surface area (TPSA) is 64.5 Å². The Morgan fingerprint density at radius 3 is 3.04 bits per heavy atom. The summed E-state index contributed by atoms with van der Waals surface area (Å²) >= 11 is 1.80. The Labute approximate surface area is 144 Å². The highest BCUT2D eigenvalue weighted by Crippen LogP contribution is 2.44. The van der Waals surface area contributed by atoms with E-state index in [1.165, 1.54) is 30.1 Å². The summed E-state index contributed by atoms with van der Waals surface area (Å²) in [5, 5.41) is 2.16. The Bertz CT molecular complexity index is 753. The lowest BCUT2D eigenvalue weighted by atomic mass is 9.85. The Morgan fingerprint density at radius 2 is 2.25 bits per heavy atom. The highest BCUT2D eigenvalue weighted by Gasteiger charge is 2.42. The molecule has 0 amide bonds. The molecule has 4 rings (SSSR count). The van der Waals surface area contributed by atoms with Crippen LogP contribution < -0.4 is 4.90 Å². The lowest BCUT2D eigenvalue weighted by molar-refractivity contribution is -0.0735. The number of carbonyl (C=O) groups is 1. The first-order valence-corrected chi connectivity index (χ1v) is 8.95. The van der Waals surface area contributed by atoms with E-state index in [1.807, 2.05) is 0 Å². The zero-order valence-electron chi connectivity index (χ0n) is 13.5. The van der Waals surface area contributed by atoms with Crippen molar-refractivity contribution < 1.29 is 14.3 Å². The molecule has 2 aliphatic heterocycles. The van der Waals surface area contributed by atoms with E-state index in [-0.39, 0.29) is 5.60 Å². The van der Waals surface area contributed by atoms with Gasteiger partial charge in [0, 0.05) is 24.2 Å². The fraction of sp³-hybridized carbons (Fsp3) is 0.471. The molecule has 1 fully saturated rings. The highest BCUT2D eigenvalue weighted by molar-refractivity contribution is 7.10. The van der Waals surface area contributed by atoms with Crippen LogP contribution in [0.1, 0.15) is 33.6 Å². The Hall–Kier alpha value is -1.99. The van der Waals surface area contributed by atoms with E-state index >= 15 is 0 Å². The molecule has 0 N–H and O–H groups in total. The van der Waals surface area contributed by atoms with Crippen molar-refractivity contribution in [1.82, 2.24) is 9.97 Å². The standard InChI is InChI=1S/C17H19N3O3S/c1-22-16(21)13-10-18-11-19-15(13)20-6-4-17(5-7-20)14-12(2-8-23-17)3-9-24-14/h3,9-11H,2,4-8H2,1H3. The van der Waals surface area contributed by atoms with Crippen molar-refractivity contribution in [1.29, 1.82) is 0 Å². The number of methoxy groups -OCH3 is 1. The Balaban J connectivity index is 1.57. The number of esters is 1. The number of fused-ring (bicyclic) bond motifs is 2. The number of anilines is 1. The van der Waals surface area contributed by atoms with Gasteiger partial charge in [-0.3, -0.25) is 0 Å². The van der Waals surface area contributed by atoms with Crippen molar-refractivity contribution in [2.75, 3.05) is 31.7 Å². The minimum absolute atomic E-state index is 0.170. The van der Waals surface area contributed by atoms with Gasteiger partial charge < -0.3 is 14.4 Å². The molecule has 126 valence electrons. The van der Waals surface area contributed by atoms with Gasteiger partial charge >= 0.3 is 5.97 Å². The van der Waals surface area contributed by atoms with Gasteiger partial charge in [0.25, 0.3) is 0 Å². The van der Waals surface area contributed by atoms with Gasteiger partial charge in [-0.1, -0.05) is 0 Å². The molecule has 2 aliphatic rings. The van der Waals surface area contributed by atoms with E-state index < -0.39 is 5.97 Å².